The SMILES string of the molecule is C=C(C)COc1cc2oc(=O)cc(C)c2cc1CCC(=O)OCCOC. The van der Waals surface area contributed by atoms with Crippen molar-refractivity contribution in [1.29, 1.82) is 0 Å². The first-order valence-electron chi connectivity index (χ1n) is 8.40. The summed E-state index contributed by atoms with van der Waals surface area (Å²) in [5, 5.41) is 0.815. The second-order valence-electron chi connectivity index (χ2n) is 6.16. The second-order valence-corrected chi connectivity index (χ2v) is 6.16. The maximum atomic E-state index is 11.9. The molecular formula is C20H24O6. The number of esters is 1. The fourth-order valence-electron chi connectivity index (χ4n) is 2.47. The van der Waals surface area contributed by atoms with Crippen LogP contribution in [0.5, 0.6) is 5.75 Å². The monoisotopic (exact) mass is 360 g/mol. The van der Waals surface area contributed by atoms with Gasteiger partial charge in [0.25, 0.3) is 0 Å². The third-order valence-corrected chi connectivity index (χ3v) is 3.76. The molecular weight excluding hydrogens is 336 g/mol. The minimum absolute atomic E-state index is 0.217. The zero-order chi connectivity index (χ0) is 19.1. The second kappa shape index (κ2) is 9.20. The van der Waals surface area contributed by atoms with Gasteiger partial charge in [0.1, 0.15) is 24.5 Å². The summed E-state index contributed by atoms with van der Waals surface area (Å²) in [5.74, 6) is 0.267. The van der Waals surface area contributed by atoms with E-state index in [1.165, 1.54) is 6.07 Å². The zero-order valence-electron chi connectivity index (χ0n) is 15.4. The molecule has 0 fully saturated rings. The van der Waals surface area contributed by atoms with Gasteiger partial charge in [0.05, 0.1) is 6.61 Å². The number of ether oxygens (including phenoxy) is 3. The lowest BCUT2D eigenvalue weighted by Crippen LogP contribution is -2.11. The van der Waals surface area contributed by atoms with Gasteiger partial charge in [0, 0.05) is 31.0 Å². The Kier molecular flexibility index (Phi) is 6.97. The molecule has 1 aromatic heterocycles. The van der Waals surface area contributed by atoms with Crippen LogP contribution in [0.15, 0.2) is 39.6 Å². The van der Waals surface area contributed by atoms with Crippen molar-refractivity contribution in [2.24, 2.45) is 0 Å². The fraction of sp³-hybridized carbons (Fsp3) is 0.400. The number of carbonyl (C=O) groups excluding carboxylic acids is 1. The third-order valence-electron chi connectivity index (χ3n) is 3.76. The smallest absolute Gasteiger partial charge is 0.336 e. The van der Waals surface area contributed by atoms with Gasteiger partial charge in [-0.15, -0.1) is 0 Å². The van der Waals surface area contributed by atoms with Crippen molar-refractivity contribution >= 4 is 16.9 Å². The molecule has 26 heavy (non-hydrogen) atoms. The predicted molar refractivity (Wildman–Crippen MR) is 98.7 cm³/mol. The summed E-state index contributed by atoms with van der Waals surface area (Å²) in [6.07, 6.45) is 0.667. The van der Waals surface area contributed by atoms with Gasteiger partial charge in [-0.25, -0.2) is 4.79 Å². The van der Waals surface area contributed by atoms with Crippen molar-refractivity contribution < 1.29 is 23.4 Å². The zero-order valence-corrected chi connectivity index (χ0v) is 15.4. The molecule has 0 aliphatic rings. The predicted octanol–water partition coefficient (Wildman–Crippen LogP) is 3.18. The molecule has 0 spiro atoms. The highest BCUT2D eigenvalue weighted by molar-refractivity contribution is 5.83. The van der Waals surface area contributed by atoms with Crippen molar-refractivity contribution in [2.75, 3.05) is 26.9 Å². The first-order chi connectivity index (χ1) is 12.4. The summed E-state index contributed by atoms with van der Waals surface area (Å²) in [6.45, 7) is 8.47. The van der Waals surface area contributed by atoms with E-state index in [2.05, 4.69) is 6.58 Å². The number of aryl methyl sites for hydroxylation is 2. The average molecular weight is 360 g/mol. The number of rotatable bonds is 9. The normalized spacial score (nSPS) is 10.7. The van der Waals surface area contributed by atoms with Gasteiger partial charge in [-0.05, 0) is 43.0 Å². The van der Waals surface area contributed by atoms with Gasteiger partial charge >= 0.3 is 11.6 Å². The Morgan fingerprint density at radius 2 is 2.00 bits per heavy atom. The molecule has 0 amide bonds. The van der Waals surface area contributed by atoms with Crippen molar-refractivity contribution in [3.8, 4) is 5.75 Å². The van der Waals surface area contributed by atoms with E-state index in [1.807, 2.05) is 19.9 Å². The molecule has 6 heteroatoms. The molecule has 0 saturated carbocycles. The molecule has 1 heterocycles. The Hall–Kier alpha value is -2.60. The third kappa shape index (κ3) is 5.46. The fourth-order valence-corrected chi connectivity index (χ4v) is 2.47. The van der Waals surface area contributed by atoms with Crippen LogP contribution in [0, 0.1) is 6.92 Å². The van der Waals surface area contributed by atoms with Crippen LogP contribution in [0.2, 0.25) is 0 Å². The summed E-state index contributed by atoms with van der Waals surface area (Å²) in [7, 11) is 1.55. The van der Waals surface area contributed by atoms with Gasteiger partial charge in [0.15, 0.2) is 0 Å². The van der Waals surface area contributed by atoms with E-state index >= 15 is 0 Å². The minimum atomic E-state index is -0.407. The molecule has 0 N–H and O–H groups in total. The maximum Gasteiger partial charge on any atom is 0.336 e. The largest absolute Gasteiger partial charge is 0.489 e. The summed E-state index contributed by atoms with van der Waals surface area (Å²) in [4.78, 5) is 23.5. The van der Waals surface area contributed by atoms with E-state index in [-0.39, 0.29) is 19.0 Å². The molecule has 0 aliphatic heterocycles. The Labute approximate surface area is 152 Å². The van der Waals surface area contributed by atoms with E-state index in [0.29, 0.717) is 31.0 Å². The number of benzene rings is 1. The van der Waals surface area contributed by atoms with Crippen molar-refractivity contribution in [2.45, 2.75) is 26.7 Å². The molecule has 0 saturated heterocycles. The van der Waals surface area contributed by atoms with Gasteiger partial charge in [-0.3, -0.25) is 4.79 Å². The first kappa shape index (κ1) is 19.7. The van der Waals surface area contributed by atoms with Crippen LogP contribution in [0.3, 0.4) is 0 Å². The lowest BCUT2D eigenvalue weighted by molar-refractivity contribution is -0.144. The minimum Gasteiger partial charge on any atom is -0.489 e. The van der Waals surface area contributed by atoms with Crippen molar-refractivity contribution in [1.82, 2.24) is 0 Å². The van der Waals surface area contributed by atoms with Gasteiger partial charge in [-0.1, -0.05) is 6.58 Å². The summed E-state index contributed by atoms with van der Waals surface area (Å²) < 4.78 is 21.0. The van der Waals surface area contributed by atoms with E-state index in [0.717, 1.165) is 22.1 Å². The molecule has 2 aromatic rings. The van der Waals surface area contributed by atoms with Crippen molar-refractivity contribution in [3.05, 3.63) is 51.9 Å². The number of methoxy groups -OCH3 is 1. The van der Waals surface area contributed by atoms with Crippen LogP contribution in [0.4, 0.5) is 0 Å². The number of fused-ring (bicyclic) bond motifs is 1. The quantitative estimate of drug-likeness (QED) is 0.296. The van der Waals surface area contributed by atoms with E-state index in [9.17, 15) is 9.59 Å². The van der Waals surface area contributed by atoms with Crippen LogP contribution in [0.25, 0.3) is 11.0 Å². The van der Waals surface area contributed by atoms with Crippen LogP contribution >= 0.6 is 0 Å². The molecule has 0 radical (unpaired) electrons. The Morgan fingerprint density at radius 1 is 1.23 bits per heavy atom. The molecule has 0 bridgehead atoms. The summed E-state index contributed by atoms with van der Waals surface area (Å²) in [5.41, 5.74) is 2.57. The highest BCUT2D eigenvalue weighted by Gasteiger charge is 2.13. The maximum absolute atomic E-state index is 11.9. The standard InChI is InChI=1S/C20H24O6/c1-13(2)12-25-17-11-18-16(14(3)9-20(22)26-18)10-15(17)5-6-19(21)24-8-7-23-4/h9-11H,1,5-8,12H2,2-4H3. The molecule has 6 nitrogen and oxygen atoms in total. The van der Waals surface area contributed by atoms with Gasteiger partial charge in [-0.2, -0.15) is 0 Å². The first-order valence-corrected chi connectivity index (χ1v) is 8.40. The lowest BCUT2D eigenvalue weighted by Gasteiger charge is -2.13. The number of hydrogen-bond acceptors (Lipinski definition) is 6. The van der Waals surface area contributed by atoms with E-state index in [1.54, 1.807) is 13.2 Å². The average Bonchev–Trinajstić information content (AvgIpc) is 2.58. The molecule has 140 valence electrons. The number of hydrogen-bond donors (Lipinski definition) is 0. The summed E-state index contributed by atoms with van der Waals surface area (Å²) in [6, 6.07) is 5.03. The van der Waals surface area contributed by atoms with Crippen LogP contribution in [0.1, 0.15) is 24.5 Å². The van der Waals surface area contributed by atoms with Gasteiger partial charge < -0.3 is 18.6 Å². The summed E-state index contributed by atoms with van der Waals surface area (Å²) >= 11 is 0. The Morgan fingerprint density at radius 3 is 2.69 bits per heavy atom. The molecule has 2 rings (SSSR count). The van der Waals surface area contributed by atoms with E-state index < -0.39 is 5.63 Å². The molecule has 0 aliphatic carbocycles. The van der Waals surface area contributed by atoms with Crippen LogP contribution < -0.4 is 10.4 Å². The van der Waals surface area contributed by atoms with Gasteiger partial charge in [0.2, 0.25) is 0 Å². The van der Waals surface area contributed by atoms with Crippen molar-refractivity contribution in [3.63, 3.8) is 0 Å². The van der Waals surface area contributed by atoms with E-state index in [4.69, 9.17) is 18.6 Å². The lowest BCUT2D eigenvalue weighted by atomic mass is 10.0. The molecule has 0 atom stereocenters. The topological polar surface area (TPSA) is 75.0 Å². The number of carbonyl (C=O) groups is 1. The highest BCUT2D eigenvalue weighted by atomic mass is 16.6. The highest BCUT2D eigenvalue weighted by Crippen LogP contribution is 2.28. The molecule has 1 aromatic carbocycles. The Bertz CT molecular complexity index is 849. The Balaban J connectivity index is 2.26. The van der Waals surface area contributed by atoms with Crippen LogP contribution in [-0.2, 0) is 20.7 Å². The molecule has 0 unspecified atom stereocenters. The van der Waals surface area contributed by atoms with Crippen LogP contribution in [-0.4, -0.2) is 32.9 Å².